The minimum Gasteiger partial charge on any atom is -0.461 e. The van der Waals surface area contributed by atoms with Crippen LogP contribution in [0, 0.1) is 34.5 Å². The van der Waals surface area contributed by atoms with Crippen molar-refractivity contribution in [3.63, 3.8) is 0 Å². The summed E-state index contributed by atoms with van der Waals surface area (Å²) >= 11 is 0. The highest BCUT2D eigenvalue weighted by molar-refractivity contribution is 6.01. The Balaban J connectivity index is 0.774. The highest BCUT2D eigenvalue weighted by Crippen LogP contribution is 2.69. The quantitative estimate of drug-likeness (QED) is 0.199. The molecule has 2 unspecified atom stereocenters. The van der Waals surface area contributed by atoms with Crippen LogP contribution in [0.5, 0.6) is 0 Å². The molecule has 2 N–H and O–H groups in total. The number of esters is 2. The van der Waals surface area contributed by atoms with Crippen LogP contribution in [0.4, 0.5) is 14.5 Å². The molecule has 12 heteroatoms. The smallest absolute Gasteiger partial charge is 0.306 e. The van der Waals surface area contributed by atoms with Crippen molar-refractivity contribution >= 4 is 45.9 Å². The molecule has 10 atom stereocenters. The number of halogens is 2. The van der Waals surface area contributed by atoms with Crippen molar-refractivity contribution in [3.05, 3.63) is 95.9 Å². The summed E-state index contributed by atoms with van der Waals surface area (Å²) in [5.41, 5.74) is -2.00. The number of allylic oxidation sites excluding steroid dienone is 4. The molecule has 298 valence electrons. The molecule has 57 heavy (non-hydrogen) atoms. The van der Waals surface area contributed by atoms with Crippen molar-refractivity contribution in [2.75, 3.05) is 11.9 Å². The number of alkyl halides is 2. The van der Waals surface area contributed by atoms with E-state index in [2.05, 4.69) is 10.3 Å². The molecule has 8 rings (SSSR count). The first-order chi connectivity index (χ1) is 27.2. The molecule has 0 radical (unpaired) electrons. The van der Waals surface area contributed by atoms with Crippen molar-refractivity contribution in [1.29, 1.82) is 0 Å². The Kier molecular flexibility index (Phi) is 9.99. The van der Waals surface area contributed by atoms with E-state index in [1.54, 1.807) is 12.4 Å². The molecule has 5 aliphatic carbocycles. The van der Waals surface area contributed by atoms with E-state index in [1.807, 2.05) is 55.5 Å². The SMILES string of the molecule is C[C@]12C[C@H](O)[C@@]3(F)[C@@H](C[C@H](F)C4=CC(=O)C=C[C@@]43C)[C@@H]1CC[C@@H]2C(=O)COC(=O)CCC(=O)OCc1ccc(C2CC2C(=O)Nc2ccc3cnccc3c2)cc1. The molecular formula is C45H46F2N2O8. The Labute approximate surface area is 329 Å². The summed E-state index contributed by atoms with van der Waals surface area (Å²) in [4.78, 5) is 67.6. The number of rotatable bonds is 11. The lowest BCUT2D eigenvalue weighted by atomic mass is 9.45. The normalized spacial score (nSPS) is 33.7. The number of hydrogen-bond donors (Lipinski definition) is 2. The van der Waals surface area contributed by atoms with Crippen LogP contribution in [0.2, 0.25) is 0 Å². The average Bonchev–Trinajstić information content (AvgIpc) is 3.93. The zero-order valence-electron chi connectivity index (χ0n) is 31.9. The molecule has 0 saturated heterocycles. The van der Waals surface area contributed by atoms with Gasteiger partial charge in [-0.25, -0.2) is 8.78 Å². The van der Waals surface area contributed by atoms with Crippen LogP contribution in [0.15, 0.2) is 84.7 Å². The molecule has 0 spiro atoms. The van der Waals surface area contributed by atoms with E-state index in [4.69, 9.17) is 9.47 Å². The molecule has 1 heterocycles. The molecule has 2 aromatic carbocycles. The van der Waals surface area contributed by atoms with Crippen LogP contribution < -0.4 is 5.32 Å². The second kappa shape index (κ2) is 14.7. The van der Waals surface area contributed by atoms with E-state index in [0.717, 1.165) is 40.1 Å². The zero-order valence-corrected chi connectivity index (χ0v) is 31.9. The first kappa shape index (κ1) is 38.8. The first-order valence-corrected chi connectivity index (χ1v) is 19.7. The van der Waals surface area contributed by atoms with Crippen LogP contribution >= 0.6 is 0 Å². The van der Waals surface area contributed by atoms with Gasteiger partial charge in [0.1, 0.15) is 19.4 Å². The average molecular weight is 781 g/mol. The number of aromatic nitrogens is 1. The Morgan fingerprint density at radius 3 is 2.47 bits per heavy atom. The van der Waals surface area contributed by atoms with Gasteiger partial charge in [0.25, 0.3) is 0 Å². The predicted octanol–water partition coefficient (Wildman–Crippen LogP) is 6.85. The number of aliphatic hydroxyl groups excluding tert-OH is 1. The zero-order chi connectivity index (χ0) is 40.3. The molecule has 3 aromatic rings. The van der Waals surface area contributed by atoms with Crippen LogP contribution in [-0.4, -0.2) is 64.1 Å². The van der Waals surface area contributed by atoms with E-state index < -0.39 is 70.9 Å². The Morgan fingerprint density at radius 2 is 1.70 bits per heavy atom. The molecular weight excluding hydrogens is 734 g/mol. The van der Waals surface area contributed by atoms with Crippen molar-refractivity contribution in [1.82, 2.24) is 4.98 Å². The van der Waals surface area contributed by atoms with Crippen molar-refractivity contribution in [2.45, 2.75) is 89.3 Å². The maximum absolute atomic E-state index is 17.3. The molecule has 4 saturated carbocycles. The van der Waals surface area contributed by atoms with Crippen LogP contribution in [0.1, 0.15) is 75.8 Å². The summed E-state index contributed by atoms with van der Waals surface area (Å²) in [5.74, 6) is -4.09. The summed E-state index contributed by atoms with van der Waals surface area (Å²) in [6.45, 7) is 2.84. The Morgan fingerprint density at radius 1 is 0.947 bits per heavy atom. The number of aliphatic hydroxyl groups is 1. The number of carbonyl (C=O) groups excluding carboxylic acids is 5. The maximum Gasteiger partial charge on any atom is 0.306 e. The number of anilines is 1. The first-order valence-electron chi connectivity index (χ1n) is 19.7. The maximum atomic E-state index is 17.3. The van der Waals surface area contributed by atoms with E-state index in [0.29, 0.717) is 12.8 Å². The molecule has 1 aromatic heterocycles. The predicted molar refractivity (Wildman–Crippen MR) is 205 cm³/mol. The van der Waals surface area contributed by atoms with Gasteiger partial charge < -0.3 is 19.9 Å². The number of nitrogens with one attached hydrogen (secondary N) is 1. The third kappa shape index (κ3) is 6.89. The fourth-order valence-electron chi connectivity index (χ4n) is 10.6. The third-order valence-corrected chi connectivity index (χ3v) is 13.8. The van der Waals surface area contributed by atoms with Crippen LogP contribution in [0.3, 0.4) is 0 Å². The highest BCUT2D eigenvalue weighted by Gasteiger charge is 2.72. The second-order valence-electron chi connectivity index (χ2n) is 17.0. The number of fused-ring (bicyclic) bond motifs is 6. The van der Waals surface area contributed by atoms with Crippen LogP contribution in [0.25, 0.3) is 10.8 Å². The van der Waals surface area contributed by atoms with E-state index in [9.17, 15) is 29.1 Å². The van der Waals surface area contributed by atoms with Crippen LogP contribution in [-0.2, 0) is 40.1 Å². The number of amides is 1. The van der Waals surface area contributed by atoms with Gasteiger partial charge in [-0.05, 0) is 109 Å². The van der Waals surface area contributed by atoms with Gasteiger partial charge in [-0.3, -0.25) is 29.0 Å². The minimum absolute atomic E-state index is 0.00146. The van der Waals surface area contributed by atoms with E-state index in [-0.39, 0.29) is 61.4 Å². The number of nitrogens with zero attached hydrogens (tertiary/aromatic N) is 1. The Hall–Kier alpha value is -5.10. The van der Waals surface area contributed by atoms with Gasteiger partial charge in [0.2, 0.25) is 5.91 Å². The molecule has 1 amide bonds. The Bertz CT molecular complexity index is 2210. The fourth-order valence-corrected chi connectivity index (χ4v) is 10.6. The van der Waals surface area contributed by atoms with Gasteiger partial charge in [-0.2, -0.15) is 0 Å². The largest absolute Gasteiger partial charge is 0.461 e. The van der Waals surface area contributed by atoms with Gasteiger partial charge in [-0.1, -0.05) is 43.3 Å². The summed E-state index contributed by atoms with van der Waals surface area (Å²) in [5, 5.41) is 16.4. The summed E-state index contributed by atoms with van der Waals surface area (Å²) < 4.78 is 43.5. The van der Waals surface area contributed by atoms with E-state index in [1.165, 1.54) is 19.1 Å². The number of ether oxygens (including phenoxy) is 2. The third-order valence-electron chi connectivity index (χ3n) is 13.8. The van der Waals surface area contributed by atoms with Gasteiger partial charge in [-0.15, -0.1) is 0 Å². The highest BCUT2D eigenvalue weighted by atomic mass is 19.1. The second-order valence-corrected chi connectivity index (χ2v) is 17.0. The number of pyridine rings is 1. The number of carbonyl (C=O) groups is 5. The molecule has 4 fully saturated rings. The number of ketones is 2. The fraction of sp³-hybridized carbons (Fsp3) is 0.467. The van der Waals surface area contributed by atoms with Gasteiger partial charge >= 0.3 is 11.9 Å². The topological polar surface area (TPSA) is 149 Å². The minimum atomic E-state index is -2.22. The van der Waals surface area contributed by atoms with E-state index >= 15 is 8.78 Å². The van der Waals surface area contributed by atoms with Gasteiger partial charge in [0.05, 0.1) is 18.9 Å². The molecule has 0 bridgehead atoms. The monoisotopic (exact) mass is 780 g/mol. The summed E-state index contributed by atoms with van der Waals surface area (Å²) in [6, 6.07) is 15.1. The molecule has 10 nitrogen and oxygen atoms in total. The summed E-state index contributed by atoms with van der Waals surface area (Å²) in [6.07, 6.45) is 5.02. The lowest BCUT2D eigenvalue weighted by Crippen LogP contribution is -2.68. The van der Waals surface area contributed by atoms with Gasteiger partial charge in [0.15, 0.2) is 17.2 Å². The standard InChI is InChI=1S/C45H46F2N2O8/c1-43-21-39(52)45(47)35(20-37(46)36-18-30(50)13-15-44(36,45)2)33(43)9-10-34(43)38(51)24-57-41(54)12-11-40(53)56-23-25-3-5-26(6-4-25)31-19-32(31)42(55)49-29-8-7-28-22-48-16-14-27(28)17-29/h3-8,13-18,22,31-35,37,39,52H,9-12,19-21,23-24H2,1-2H3,(H,49,55)/t31?,32?,33-,34+,35-,37-,39-,43-,44-,45-/m0/s1. The van der Waals surface area contributed by atoms with Gasteiger partial charge in [0, 0.05) is 46.6 Å². The van der Waals surface area contributed by atoms with Crippen molar-refractivity contribution in [3.8, 4) is 0 Å². The van der Waals surface area contributed by atoms with Crippen molar-refractivity contribution in [2.24, 2.45) is 34.5 Å². The molecule has 5 aliphatic rings. The number of hydrogen-bond acceptors (Lipinski definition) is 9. The number of benzene rings is 2. The lowest BCUT2D eigenvalue weighted by molar-refractivity contribution is -0.202. The molecule has 0 aliphatic heterocycles. The summed E-state index contributed by atoms with van der Waals surface area (Å²) in [7, 11) is 0. The lowest BCUT2D eigenvalue weighted by Gasteiger charge is -2.62. The number of Topliss-reactive ketones (excluding diaryl/α,β-unsaturated/α-hetero) is 1. The van der Waals surface area contributed by atoms with Crippen molar-refractivity contribution < 1.29 is 47.3 Å².